The molecule has 1 aromatic carbocycles. The van der Waals surface area contributed by atoms with Crippen LogP contribution in [0.1, 0.15) is 5.56 Å². The van der Waals surface area contributed by atoms with Crippen molar-refractivity contribution in [1.29, 1.82) is 0 Å². The number of nitrogens with one attached hydrogen (secondary N) is 1. The van der Waals surface area contributed by atoms with Crippen LogP contribution in [-0.2, 0) is 4.79 Å². The second kappa shape index (κ2) is 6.19. The molecule has 1 aliphatic heterocycles. The molecule has 0 aliphatic carbocycles. The van der Waals surface area contributed by atoms with Crippen molar-refractivity contribution in [3.8, 4) is 0 Å². The number of aliphatic hydroxyl groups is 1. The topological polar surface area (TPSA) is 52.6 Å². The van der Waals surface area contributed by atoms with Crippen LogP contribution >= 0.6 is 11.6 Å². The smallest absolute Gasteiger partial charge is 0.246 e. The highest BCUT2D eigenvalue weighted by molar-refractivity contribution is 6.30. The third-order valence-electron chi connectivity index (χ3n) is 3.28. The molecule has 4 nitrogen and oxygen atoms in total. The summed E-state index contributed by atoms with van der Waals surface area (Å²) in [7, 11) is 1.70. The average Bonchev–Trinajstić information content (AvgIpc) is 2.83. The van der Waals surface area contributed by atoms with Crippen molar-refractivity contribution in [2.24, 2.45) is 0 Å². The molecule has 2 rings (SSSR count). The summed E-state index contributed by atoms with van der Waals surface area (Å²) in [6.45, 7) is 1.15. The molecular weight excluding hydrogens is 264 g/mol. The van der Waals surface area contributed by atoms with Gasteiger partial charge >= 0.3 is 0 Å². The van der Waals surface area contributed by atoms with E-state index in [1.807, 2.05) is 12.1 Å². The highest BCUT2D eigenvalue weighted by atomic mass is 35.5. The van der Waals surface area contributed by atoms with Gasteiger partial charge in [0.05, 0.1) is 12.1 Å². The number of β-amino-alcohol motifs (C(OH)–C–C–N with tert-alkyl or cyclic N) is 1. The summed E-state index contributed by atoms with van der Waals surface area (Å²) in [6, 6.07) is 7.08. The van der Waals surface area contributed by atoms with E-state index in [1.54, 1.807) is 30.2 Å². The van der Waals surface area contributed by atoms with Gasteiger partial charge in [0.25, 0.3) is 0 Å². The molecular formula is C14H17ClN2O2. The van der Waals surface area contributed by atoms with Gasteiger partial charge in [0.1, 0.15) is 0 Å². The van der Waals surface area contributed by atoms with E-state index < -0.39 is 6.10 Å². The fourth-order valence-corrected chi connectivity index (χ4v) is 2.19. The fourth-order valence-electron chi connectivity index (χ4n) is 2.07. The largest absolute Gasteiger partial charge is 0.390 e. The Morgan fingerprint density at radius 3 is 2.68 bits per heavy atom. The van der Waals surface area contributed by atoms with Crippen LogP contribution in [-0.4, -0.2) is 48.2 Å². The van der Waals surface area contributed by atoms with E-state index in [9.17, 15) is 9.90 Å². The maximum Gasteiger partial charge on any atom is 0.246 e. The zero-order valence-electron chi connectivity index (χ0n) is 10.7. The number of likely N-dealkylation sites (N-methyl/N-ethyl adjacent to an activating group) is 1. The second-order valence-electron chi connectivity index (χ2n) is 4.63. The summed E-state index contributed by atoms with van der Waals surface area (Å²) in [5, 5.41) is 13.5. The Labute approximate surface area is 117 Å². The molecule has 0 spiro atoms. The van der Waals surface area contributed by atoms with Crippen molar-refractivity contribution in [3.63, 3.8) is 0 Å². The maximum absolute atomic E-state index is 12.0. The highest BCUT2D eigenvalue weighted by Gasteiger charge is 2.30. The van der Waals surface area contributed by atoms with Gasteiger partial charge in [-0.25, -0.2) is 0 Å². The number of amides is 1. The lowest BCUT2D eigenvalue weighted by Gasteiger charge is -2.25. The summed E-state index contributed by atoms with van der Waals surface area (Å²) in [4.78, 5) is 13.6. The Hall–Kier alpha value is -1.36. The summed E-state index contributed by atoms with van der Waals surface area (Å²) in [6.07, 6.45) is 2.75. The molecule has 102 valence electrons. The number of rotatable bonds is 3. The number of carbonyl (C=O) groups excluding carboxylic acids is 1. The molecule has 1 amide bonds. The maximum atomic E-state index is 12.0. The number of nitrogens with zero attached hydrogens (tertiary/aromatic N) is 1. The van der Waals surface area contributed by atoms with Gasteiger partial charge in [-0.2, -0.15) is 0 Å². The third-order valence-corrected chi connectivity index (χ3v) is 3.54. The first-order valence-corrected chi connectivity index (χ1v) is 6.55. The number of hydrogen-bond donors (Lipinski definition) is 2. The fraction of sp³-hybridized carbons (Fsp3) is 0.357. The van der Waals surface area contributed by atoms with Crippen LogP contribution in [0.15, 0.2) is 30.3 Å². The van der Waals surface area contributed by atoms with E-state index >= 15 is 0 Å². The van der Waals surface area contributed by atoms with Gasteiger partial charge in [0, 0.05) is 31.2 Å². The van der Waals surface area contributed by atoms with Gasteiger partial charge in [0.2, 0.25) is 5.91 Å². The molecule has 0 radical (unpaired) electrons. The van der Waals surface area contributed by atoms with Gasteiger partial charge in [-0.1, -0.05) is 23.7 Å². The van der Waals surface area contributed by atoms with Crippen LogP contribution in [0.2, 0.25) is 5.02 Å². The Balaban J connectivity index is 1.98. The molecule has 1 saturated heterocycles. The second-order valence-corrected chi connectivity index (χ2v) is 5.06. The van der Waals surface area contributed by atoms with E-state index in [1.165, 1.54) is 6.08 Å². The summed E-state index contributed by atoms with van der Waals surface area (Å²) < 4.78 is 0. The molecule has 1 aromatic rings. The van der Waals surface area contributed by atoms with Gasteiger partial charge in [0.15, 0.2) is 0 Å². The Bertz CT molecular complexity index is 473. The molecule has 1 heterocycles. The zero-order valence-corrected chi connectivity index (χ0v) is 11.5. The number of benzene rings is 1. The molecule has 19 heavy (non-hydrogen) atoms. The van der Waals surface area contributed by atoms with Crippen LogP contribution < -0.4 is 5.32 Å². The minimum atomic E-state index is -0.502. The lowest BCUT2D eigenvalue weighted by Crippen LogP contribution is -2.43. The predicted octanol–water partition coefficient (Wildman–Crippen LogP) is 1.14. The van der Waals surface area contributed by atoms with E-state index in [2.05, 4.69) is 5.32 Å². The molecule has 0 bridgehead atoms. The van der Waals surface area contributed by atoms with E-state index in [-0.39, 0.29) is 11.9 Å². The zero-order chi connectivity index (χ0) is 13.8. The summed E-state index contributed by atoms with van der Waals surface area (Å²) in [5.41, 5.74) is 0.913. The molecule has 0 unspecified atom stereocenters. The van der Waals surface area contributed by atoms with E-state index in [4.69, 9.17) is 11.6 Å². The molecule has 0 aromatic heterocycles. The molecule has 2 N–H and O–H groups in total. The van der Waals surface area contributed by atoms with Crippen LogP contribution in [0.4, 0.5) is 0 Å². The van der Waals surface area contributed by atoms with Gasteiger partial charge < -0.3 is 15.3 Å². The minimum Gasteiger partial charge on any atom is -0.390 e. The number of aliphatic hydroxyl groups excluding tert-OH is 1. The van der Waals surface area contributed by atoms with Crippen molar-refractivity contribution in [2.75, 3.05) is 20.1 Å². The van der Waals surface area contributed by atoms with Gasteiger partial charge in [-0.05, 0) is 23.8 Å². The van der Waals surface area contributed by atoms with Gasteiger partial charge in [-0.3, -0.25) is 4.79 Å². The summed E-state index contributed by atoms with van der Waals surface area (Å²) >= 11 is 5.79. The first kappa shape index (κ1) is 14.1. The average molecular weight is 281 g/mol. The Morgan fingerprint density at radius 2 is 2.11 bits per heavy atom. The van der Waals surface area contributed by atoms with Crippen molar-refractivity contribution >= 4 is 23.6 Å². The van der Waals surface area contributed by atoms with Crippen molar-refractivity contribution in [1.82, 2.24) is 10.2 Å². The predicted molar refractivity (Wildman–Crippen MR) is 75.9 cm³/mol. The molecule has 0 saturated carbocycles. The normalized spacial score (nSPS) is 22.9. The van der Waals surface area contributed by atoms with Crippen LogP contribution in [0.5, 0.6) is 0 Å². The quantitative estimate of drug-likeness (QED) is 0.817. The number of hydrogen-bond acceptors (Lipinski definition) is 3. The third kappa shape index (κ3) is 3.56. The van der Waals surface area contributed by atoms with Crippen molar-refractivity contribution < 1.29 is 9.90 Å². The SMILES string of the molecule is CN(C(=O)/C=C/c1ccc(Cl)cc1)[C@@H]1CNC[C@H]1O. The first-order valence-electron chi connectivity index (χ1n) is 6.17. The lowest BCUT2D eigenvalue weighted by atomic mass is 10.1. The Morgan fingerprint density at radius 1 is 1.42 bits per heavy atom. The number of carbonyl (C=O) groups is 1. The molecule has 1 fully saturated rings. The van der Waals surface area contributed by atoms with Crippen molar-refractivity contribution in [2.45, 2.75) is 12.1 Å². The molecule has 1 aliphatic rings. The monoisotopic (exact) mass is 280 g/mol. The molecule has 2 atom stereocenters. The first-order chi connectivity index (χ1) is 9.08. The van der Waals surface area contributed by atoms with Crippen LogP contribution in [0.25, 0.3) is 6.08 Å². The molecule has 5 heteroatoms. The Kier molecular flexibility index (Phi) is 4.58. The lowest BCUT2D eigenvalue weighted by molar-refractivity contribution is -0.127. The number of halogens is 1. The van der Waals surface area contributed by atoms with Gasteiger partial charge in [-0.15, -0.1) is 0 Å². The standard InChI is InChI=1S/C14H17ClN2O2/c1-17(12-8-16-9-13(12)18)14(19)7-4-10-2-5-11(15)6-3-10/h2-7,12-13,16,18H,8-9H2,1H3/b7-4+/t12-,13-/m1/s1. The van der Waals surface area contributed by atoms with E-state index in [0.717, 1.165) is 5.56 Å². The minimum absolute atomic E-state index is 0.123. The van der Waals surface area contributed by atoms with Crippen LogP contribution in [0.3, 0.4) is 0 Å². The highest BCUT2D eigenvalue weighted by Crippen LogP contribution is 2.12. The summed E-state index contributed by atoms with van der Waals surface area (Å²) in [5.74, 6) is -0.123. The van der Waals surface area contributed by atoms with Crippen LogP contribution in [0, 0.1) is 0 Å². The van der Waals surface area contributed by atoms with Crippen molar-refractivity contribution in [3.05, 3.63) is 40.9 Å². The van der Waals surface area contributed by atoms with E-state index in [0.29, 0.717) is 18.1 Å².